The molecule has 2 saturated heterocycles. The summed E-state index contributed by atoms with van der Waals surface area (Å²) in [5.41, 5.74) is 1.08. The number of rotatable bonds is 5. The number of guanidine groups is 1. The summed E-state index contributed by atoms with van der Waals surface area (Å²) in [6.45, 7) is 7.45. The van der Waals surface area contributed by atoms with Crippen molar-refractivity contribution >= 4 is 23.5 Å². The van der Waals surface area contributed by atoms with E-state index in [0.29, 0.717) is 51.0 Å². The molecular weight excluding hydrogens is 368 g/mol. The van der Waals surface area contributed by atoms with Crippen LogP contribution in [-0.4, -0.2) is 80.3 Å². The first-order valence-electron chi connectivity index (χ1n) is 9.40. The Bertz CT molecular complexity index is 647. The van der Waals surface area contributed by atoms with E-state index in [0.717, 1.165) is 24.6 Å². The number of nitrogens with one attached hydrogen (secondary N) is 1. The van der Waals surface area contributed by atoms with Crippen molar-refractivity contribution < 1.29 is 14.3 Å². The Labute approximate surface area is 165 Å². The number of amides is 1. The second kappa shape index (κ2) is 9.92. The number of carbonyl (C=O) groups excluding carboxylic acids is 1. The molecule has 0 aliphatic carbocycles. The fourth-order valence-electron chi connectivity index (χ4n) is 3.12. The molecule has 0 saturated carbocycles. The largest absolute Gasteiger partial charge is 0.376 e. The Morgan fingerprint density at radius 2 is 2.11 bits per heavy atom. The van der Waals surface area contributed by atoms with Gasteiger partial charge in [0.05, 0.1) is 32.9 Å². The first kappa shape index (κ1) is 19.9. The summed E-state index contributed by atoms with van der Waals surface area (Å²) in [5, 5.41) is 3.98. The Hall–Kier alpha value is -1.83. The van der Waals surface area contributed by atoms with E-state index >= 15 is 0 Å². The van der Waals surface area contributed by atoms with Gasteiger partial charge < -0.3 is 24.6 Å². The van der Waals surface area contributed by atoms with E-state index in [2.05, 4.69) is 10.3 Å². The van der Waals surface area contributed by atoms with Crippen LogP contribution in [0.3, 0.4) is 0 Å². The lowest BCUT2D eigenvalue weighted by Gasteiger charge is -2.36. The van der Waals surface area contributed by atoms with Crippen molar-refractivity contribution in [3.63, 3.8) is 0 Å². The maximum Gasteiger partial charge on any atom is 0.242 e. The van der Waals surface area contributed by atoms with Crippen LogP contribution in [0.5, 0.6) is 0 Å². The van der Waals surface area contributed by atoms with Crippen LogP contribution in [0.25, 0.3) is 0 Å². The highest BCUT2D eigenvalue weighted by molar-refractivity contribution is 6.30. The van der Waals surface area contributed by atoms with Crippen LogP contribution >= 0.6 is 11.6 Å². The molecule has 1 atom stereocenters. The number of aliphatic imine (C=N–C) groups is 1. The van der Waals surface area contributed by atoms with E-state index in [1.54, 1.807) is 0 Å². The van der Waals surface area contributed by atoms with Gasteiger partial charge in [0.25, 0.3) is 0 Å². The van der Waals surface area contributed by atoms with Crippen LogP contribution < -0.4 is 5.32 Å². The number of hydrogen-bond donors (Lipinski definition) is 1. The van der Waals surface area contributed by atoms with Crippen LogP contribution in [0.2, 0.25) is 5.02 Å². The van der Waals surface area contributed by atoms with E-state index in [1.807, 2.05) is 41.0 Å². The number of hydrogen-bond acceptors (Lipinski definition) is 4. The van der Waals surface area contributed by atoms with Gasteiger partial charge in [0, 0.05) is 31.2 Å². The van der Waals surface area contributed by atoms with Crippen molar-refractivity contribution in [1.82, 2.24) is 15.1 Å². The van der Waals surface area contributed by atoms with Gasteiger partial charge in [0.2, 0.25) is 5.91 Å². The van der Waals surface area contributed by atoms with Crippen molar-refractivity contribution in [2.45, 2.75) is 19.6 Å². The summed E-state index contributed by atoms with van der Waals surface area (Å²) in [6, 6.07) is 7.62. The third-order valence-electron chi connectivity index (χ3n) is 4.57. The molecular formula is C19H27ClN4O3. The molecule has 0 aromatic heterocycles. The molecule has 2 heterocycles. The zero-order chi connectivity index (χ0) is 19.1. The predicted molar refractivity (Wildman–Crippen MR) is 105 cm³/mol. The molecule has 148 valence electrons. The molecule has 2 aliphatic heterocycles. The van der Waals surface area contributed by atoms with Gasteiger partial charge in [-0.3, -0.25) is 9.79 Å². The van der Waals surface area contributed by atoms with Gasteiger partial charge in [-0.15, -0.1) is 0 Å². The zero-order valence-corrected chi connectivity index (χ0v) is 16.5. The number of nitrogens with zero attached hydrogens (tertiary/aromatic N) is 3. The standard InChI is InChI=1S/C19H27ClN4O3/c1-2-21-19(22-11-17-14-26-9-10-27-17)24-8-7-23(18(25)13-24)12-15-3-5-16(20)6-4-15/h3-6,17H,2,7-14H2,1H3,(H,21,22). The molecule has 0 radical (unpaired) electrons. The first-order chi connectivity index (χ1) is 13.2. The number of benzene rings is 1. The summed E-state index contributed by atoms with van der Waals surface area (Å²) >= 11 is 5.93. The normalized spacial score (nSPS) is 21.5. The van der Waals surface area contributed by atoms with Crippen molar-refractivity contribution in [2.24, 2.45) is 4.99 Å². The Morgan fingerprint density at radius 3 is 2.78 bits per heavy atom. The van der Waals surface area contributed by atoms with Crippen molar-refractivity contribution in [1.29, 1.82) is 0 Å². The quantitative estimate of drug-likeness (QED) is 0.603. The highest BCUT2D eigenvalue weighted by Crippen LogP contribution is 2.14. The van der Waals surface area contributed by atoms with E-state index in [9.17, 15) is 4.79 Å². The molecule has 1 unspecified atom stereocenters. The summed E-state index contributed by atoms with van der Waals surface area (Å²) in [4.78, 5) is 21.2. The van der Waals surface area contributed by atoms with Crippen LogP contribution in [0, 0.1) is 0 Å². The van der Waals surface area contributed by atoms with Crippen molar-refractivity contribution in [2.75, 3.05) is 52.5 Å². The van der Waals surface area contributed by atoms with Crippen molar-refractivity contribution in [3.8, 4) is 0 Å². The van der Waals surface area contributed by atoms with Gasteiger partial charge in [-0.25, -0.2) is 0 Å². The lowest BCUT2D eigenvalue weighted by molar-refractivity contribution is -0.135. The van der Waals surface area contributed by atoms with Crippen LogP contribution in [0.1, 0.15) is 12.5 Å². The zero-order valence-electron chi connectivity index (χ0n) is 15.7. The van der Waals surface area contributed by atoms with Gasteiger partial charge in [0.1, 0.15) is 6.10 Å². The summed E-state index contributed by atoms with van der Waals surface area (Å²) in [6.07, 6.45) is -0.0192. The Morgan fingerprint density at radius 1 is 1.30 bits per heavy atom. The Kier molecular flexibility index (Phi) is 7.32. The minimum absolute atomic E-state index is 0.0192. The first-order valence-corrected chi connectivity index (χ1v) is 9.78. The van der Waals surface area contributed by atoms with E-state index in [1.165, 1.54) is 0 Å². The monoisotopic (exact) mass is 394 g/mol. The second-order valence-electron chi connectivity index (χ2n) is 6.63. The molecule has 1 aromatic carbocycles. The lowest BCUT2D eigenvalue weighted by atomic mass is 10.2. The van der Waals surface area contributed by atoms with Gasteiger partial charge in [-0.1, -0.05) is 23.7 Å². The van der Waals surface area contributed by atoms with Crippen LogP contribution in [0.15, 0.2) is 29.3 Å². The highest BCUT2D eigenvalue weighted by Gasteiger charge is 2.26. The topological polar surface area (TPSA) is 66.4 Å². The molecule has 8 heteroatoms. The molecule has 1 amide bonds. The molecule has 1 N–H and O–H groups in total. The van der Waals surface area contributed by atoms with Crippen molar-refractivity contribution in [3.05, 3.63) is 34.9 Å². The van der Waals surface area contributed by atoms with Gasteiger partial charge >= 0.3 is 0 Å². The number of halogens is 1. The highest BCUT2D eigenvalue weighted by atomic mass is 35.5. The minimum atomic E-state index is -0.0192. The number of carbonyl (C=O) groups is 1. The maximum atomic E-state index is 12.6. The van der Waals surface area contributed by atoms with E-state index < -0.39 is 0 Å². The molecule has 1 aromatic rings. The number of piperazine rings is 1. The molecule has 0 bridgehead atoms. The third-order valence-corrected chi connectivity index (χ3v) is 4.82. The van der Waals surface area contributed by atoms with Crippen LogP contribution in [0.4, 0.5) is 0 Å². The number of ether oxygens (including phenoxy) is 2. The Balaban J connectivity index is 1.56. The molecule has 27 heavy (non-hydrogen) atoms. The fraction of sp³-hybridized carbons (Fsp3) is 0.579. The van der Waals surface area contributed by atoms with E-state index in [4.69, 9.17) is 21.1 Å². The molecule has 7 nitrogen and oxygen atoms in total. The summed E-state index contributed by atoms with van der Waals surface area (Å²) in [7, 11) is 0. The van der Waals surface area contributed by atoms with E-state index in [-0.39, 0.29) is 12.0 Å². The average molecular weight is 395 g/mol. The molecule has 2 aliphatic rings. The van der Waals surface area contributed by atoms with Crippen LogP contribution in [-0.2, 0) is 20.8 Å². The minimum Gasteiger partial charge on any atom is -0.376 e. The summed E-state index contributed by atoms with van der Waals surface area (Å²) < 4.78 is 11.1. The average Bonchev–Trinajstić information content (AvgIpc) is 2.69. The fourth-order valence-corrected chi connectivity index (χ4v) is 3.25. The molecule has 0 spiro atoms. The van der Waals surface area contributed by atoms with Gasteiger partial charge in [-0.2, -0.15) is 0 Å². The molecule has 2 fully saturated rings. The smallest absolute Gasteiger partial charge is 0.242 e. The third kappa shape index (κ3) is 5.82. The second-order valence-corrected chi connectivity index (χ2v) is 7.06. The SMILES string of the molecule is CCNC(=NCC1COCCO1)N1CCN(Cc2ccc(Cl)cc2)C(=O)C1. The molecule has 3 rings (SSSR count). The summed E-state index contributed by atoms with van der Waals surface area (Å²) in [5.74, 6) is 0.852. The van der Waals surface area contributed by atoms with Gasteiger partial charge in [0.15, 0.2) is 5.96 Å². The lowest BCUT2D eigenvalue weighted by Crippen LogP contribution is -2.55. The van der Waals surface area contributed by atoms with Gasteiger partial charge in [-0.05, 0) is 24.6 Å². The predicted octanol–water partition coefficient (Wildman–Crippen LogP) is 1.37. The maximum absolute atomic E-state index is 12.6.